The van der Waals surface area contributed by atoms with Crippen molar-refractivity contribution in [2.75, 3.05) is 23.8 Å². The van der Waals surface area contributed by atoms with Crippen molar-refractivity contribution >= 4 is 40.5 Å². The fourth-order valence-electron chi connectivity index (χ4n) is 1.78. The average molecular weight is 351 g/mol. The molecule has 0 fully saturated rings. The van der Waals surface area contributed by atoms with E-state index in [1.165, 1.54) is 0 Å². The minimum absolute atomic E-state index is 0.118. The van der Waals surface area contributed by atoms with Crippen molar-refractivity contribution < 1.29 is 9.53 Å². The Kier molecular flexibility index (Phi) is 6.32. The molecule has 2 aromatic carbocycles. The van der Waals surface area contributed by atoms with Crippen LogP contribution in [0.3, 0.4) is 0 Å². The molecule has 0 radical (unpaired) electrons. The summed E-state index contributed by atoms with van der Waals surface area (Å²) in [5, 5.41) is 6.68. The van der Waals surface area contributed by atoms with E-state index in [4.69, 9.17) is 27.9 Å². The first-order valence-corrected chi connectivity index (χ1v) is 7.66. The standard InChI is InChI=1S/C17H16Cl2N2O2/c1-2-9-23-14-6-3-12(4-7-14)21-17(22)11-20-13-5-8-15(18)16(19)10-13/h2-8,10,20H,1,9,11H2,(H,21,22). The van der Waals surface area contributed by atoms with Crippen LogP contribution in [0.5, 0.6) is 5.75 Å². The van der Waals surface area contributed by atoms with E-state index in [-0.39, 0.29) is 12.5 Å². The summed E-state index contributed by atoms with van der Waals surface area (Å²) >= 11 is 11.8. The van der Waals surface area contributed by atoms with Crippen LogP contribution in [0.15, 0.2) is 55.1 Å². The number of carbonyl (C=O) groups excluding carboxylic acids is 1. The molecule has 0 aliphatic heterocycles. The van der Waals surface area contributed by atoms with Crippen LogP contribution in [0.25, 0.3) is 0 Å². The number of rotatable bonds is 7. The molecule has 2 aromatic rings. The van der Waals surface area contributed by atoms with Gasteiger partial charge in [0.15, 0.2) is 0 Å². The van der Waals surface area contributed by atoms with Gasteiger partial charge in [0.25, 0.3) is 0 Å². The lowest BCUT2D eigenvalue weighted by Crippen LogP contribution is -2.21. The Morgan fingerprint density at radius 2 is 1.78 bits per heavy atom. The van der Waals surface area contributed by atoms with Gasteiger partial charge in [0, 0.05) is 11.4 Å². The van der Waals surface area contributed by atoms with Gasteiger partial charge in [-0.15, -0.1) is 0 Å². The van der Waals surface area contributed by atoms with Gasteiger partial charge in [0.05, 0.1) is 16.6 Å². The minimum Gasteiger partial charge on any atom is -0.490 e. The predicted molar refractivity (Wildman–Crippen MR) is 95.7 cm³/mol. The predicted octanol–water partition coefficient (Wildman–Crippen LogP) is 4.61. The number of amides is 1. The van der Waals surface area contributed by atoms with Gasteiger partial charge in [-0.3, -0.25) is 4.79 Å². The molecule has 6 heteroatoms. The van der Waals surface area contributed by atoms with E-state index in [0.717, 1.165) is 11.4 Å². The fraction of sp³-hybridized carbons (Fsp3) is 0.118. The van der Waals surface area contributed by atoms with Gasteiger partial charge in [0.2, 0.25) is 5.91 Å². The molecule has 2 rings (SSSR count). The van der Waals surface area contributed by atoms with Crippen LogP contribution in [0.1, 0.15) is 0 Å². The summed E-state index contributed by atoms with van der Waals surface area (Å²) in [6.07, 6.45) is 1.67. The molecule has 0 bridgehead atoms. The SMILES string of the molecule is C=CCOc1ccc(NC(=O)CNc2ccc(Cl)c(Cl)c2)cc1. The lowest BCUT2D eigenvalue weighted by atomic mass is 10.3. The maximum Gasteiger partial charge on any atom is 0.243 e. The highest BCUT2D eigenvalue weighted by atomic mass is 35.5. The van der Waals surface area contributed by atoms with E-state index in [2.05, 4.69) is 17.2 Å². The van der Waals surface area contributed by atoms with Crippen LogP contribution in [0, 0.1) is 0 Å². The molecule has 0 heterocycles. The summed E-state index contributed by atoms with van der Waals surface area (Å²) in [6, 6.07) is 12.2. The number of hydrogen-bond donors (Lipinski definition) is 2. The molecule has 0 aliphatic carbocycles. The van der Waals surface area contributed by atoms with Crippen LogP contribution in [-0.4, -0.2) is 19.1 Å². The van der Waals surface area contributed by atoms with Crippen molar-refractivity contribution in [1.82, 2.24) is 0 Å². The smallest absolute Gasteiger partial charge is 0.243 e. The second kappa shape index (κ2) is 8.46. The Morgan fingerprint density at radius 1 is 1.09 bits per heavy atom. The molecule has 0 aromatic heterocycles. The Morgan fingerprint density at radius 3 is 2.43 bits per heavy atom. The zero-order valence-electron chi connectivity index (χ0n) is 12.3. The molecular formula is C17H16Cl2N2O2. The van der Waals surface area contributed by atoms with Gasteiger partial charge in [-0.05, 0) is 42.5 Å². The Hall–Kier alpha value is -2.17. The fourth-order valence-corrected chi connectivity index (χ4v) is 2.08. The molecule has 0 saturated carbocycles. The number of halogens is 2. The zero-order valence-corrected chi connectivity index (χ0v) is 13.8. The van der Waals surface area contributed by atoms with E-state index >= 15 is 0 Å². The summed E-state index contributed by atoms with van der Waals surface area (Å²) in [5.41, 5.74) is 1.42. The lowest BCUT2D eigenvalue weighted by molar-refractivity contribution is -0.114. The number of carbonyl (C=O) groups is 1. The normalized spacial score (nSPS) is 10.0. The van der Waals surface area contributed by atoms with Crippen LogP contribution in [0.4, 0.5) is 11.4 Å². The topological polar surface area (TPSA) is 50.4 Å². The summed E-state index contributed by atoms with van der Waals surface area (Å²) in [5.74, 6) is 0.549. The van der Waals surface area contributed by atoms with Crippen LogP contribution in [-0.2, 0) is 4.79 Å². The number of ether oxygens (including phenoxy) is 1. The average Bonchev–Trinajstić information content (AvgIpc) is 2.55. The first-order valence-electron chi connectivity index (χ1n) is 6.91. The largest absolute Gasteiger partial charge is 0.490 e. The summed E-state index contributed by atoms with van der Waals surface area (Å²) in [6.45, 7) is 4.15. The van der Waals surface area contributed by atoms with Crippen molar-refractivity contribution in [1.29, 1.82) is 0 Å². The number of nitrogens with one attached hydrogen (secondary N) is 2. The Balaban J connectivity index is 1.84. The molecule has 0 saturated heterocycles. The molecule has 120 valence electrons. The van der Waals surface area contributed by atoms with Crippen molar-refractivity contribution in [3.63, 3.8) is 0 Å². The van der Waals surface area contributed by atoms with Gasteiger partial charge in [0.1, 0.15) is 12.4 Å². The van der Waals surface area contributed by atoms with Gasteiger partial charge in [-0.1, -0.05) is 35.9 Å². The van der Waals surface area contributed by atoms with E-state index in [9.17, 15) is 4.79 Å². The highest BCUT2D eigenvalue weighted by Crippen LogP contribution is 2.24. The maximum absolute atomic E-state index is 11.9. The van der Waals surface area contributed by atoms with Crippen molar-refractivity contribution in [2.24, 2.45) is 0 Å². The number of benzene rings is 2. The summed E-state index contributed by atoms with van der Waals surface area (Å²) in [4.78, 5) is 11.9. The number of anilines is 2. The van der Waals surface area contributed by atoms with Crippen LogP contribution in [0.2, 0.25) is 10.0 Å². The quantitative estimate of drug-likeness (QED) is 0.717. The van der Waals surface area contributed by atoms with Crippen LogP contribution < -0.4 is 15.4 Å². The van der Waals surface area contributed by atoms with E-state index < -0.39 is 0 Å². The monoisotopic (exact) mass is 350 g/mol. The second-order valence-corrected chi connectivity index (χ2v) is 5.47. The summed E-state index contributed by atoms with van der Waals surface area (Å²) in [7, 11) is 0. The molecule has 1 amide bonds. The highest BCUT2D eigenvalue weighted by Gasteiger charge is 2.04. The van der Waals surface area contributed by atoms with Crippen LogP contribution >= 0.6 is 23.2 Å². The van der Waals surface area contributed by atoms with E-state index in [1.807, 2.05) is 0 Å². The second-order valence-electron chi connectivity index (χ2n) is 4.65. The third-order valence-corrected chi connectivity index (χ3v) is 3.62. The van der Waals surface area contributed by atoms with Gasteiger partial charge < -0.3 is 15.4 Å². The number of hydrogen-bond acceptors (Lipinski definition) is 3. The molecule has 23 heavy (non-hydrogen) atoms. The molecule has 2 N–H and O–H groups in total. The van der Waals surface area contributed by atoms with Gasteiger partial charge in [-0.2, -0.15) is 0 Å². The van der Waals surface area contributed by atoms with E-state index in [0.29, 0.717) is 22.3 Å². The minimum atomic E-state index is -0.171. The van der Waals surface area contributed by atoms with Crippen molar-refractivity contribution in [3.8, 4) is 5.75 Å². The molecule has 0 spiro atoms. The first-order chi connectivity index (χ1) is 11.1. The molecule has 0 unspecified atom stereocenters. The first kappa shape index (κ1) is 17.2. The van der Waals surface area contributed by atoms with Crippen molar-refractivity contribution in [3.05, 3.63) is 65.2 Å². The molecule has 0 atom stereocenters. The summed E-state index contributed by atoms with van der Waals surface area (Å²) < 4.78 is 5.37. The van der Waals surface area contributed by atoms with Crippen molar-refractivity contribution in [2.45, 2.75) is 0 Å². The zero-order chi connectivity index (χ0) is 16.7. The highest BCUT2D eigenvalue weighted by molar-refractivity contribution is 6.42. The Labute approximate surface area is 145 Å². The maximum atomic E-state index is 11.9. The lowest BCUT2D eigenvalue weighted by Gasteiger charge is -2.09. The van der Waals surface area contributed by atoms with Gasteiger partial charge in [-0.25, -0.2) is 0 Å². The Bertz CT molecular complexity index is 687. The molecule has 4 nitrogen and oxygen atoms in total. The molecule has 0 aliphatic rings. The van der Waals surface area contributed by atoms with Gasteiger partial charge >= 0.3 is 0 Å². The third kappa shape index (κ3) is 5.51. The molecular weight excluding hydrogens is 335 g/mol. The third-order valence-electron chi connectivity index (χ3n) is 2.88. The van der Waals surface area contributed by atoms with E-state index in [1.54, 1.807) is 48.5 Å².